The second-order valence-corrected chi connectivity index (χ2v) is 6.48. The van der Waals surface area contributed by atoms with Gasteiger partial charge in [-0.3, -0.25) is 9.59 Å². The minimum absolute atomic E-state index is 0.136. The fraction of sp³-hybridized carbons (Fsp3) is 0.429. The van der Waals surface area contributed by atoms with Gasteiger partial charge in [-0.2, -0.15) is 0 Å². The van der Waals surface area contributed by atoms with Crippen molar-refractivity contribution in [2.24, 2.45) is 5.92 Å². The molecule has 20 heavy (non-hydrogen) atoms. The van der Waals surface area contributed by atoms with Crippen LogP contribution in [0.2, 0.25) is 0 Å². The maximum absolute atomic E-state index is 12.0. The summed E-state index contributed by atoms with van der Waals surface area (Å²) in [4.78, 5) is 22.5. The van der Waals surface area contributed by atoms with E-state index in [9.17, 15) is 9.59 Å². The molecule has 0 aromatic heterocycles. The molecule has 1 aromatic rings. The molecule has 0 radical (unpaired) electrons. The number of halogens is 2. The summed E-state index contributed by atoms with van der Waals surface area (Å²) in [7, 11) is 0. The van der Waals surface area contributed by atoms with Crippen LogP contribution in [0.15, 0.2) is 27.1 Å². The lowest BCUT2D eigenvalue weighted by Gasteiger charge is -2.11. The van der Waals surface area contributed by atoms with Crippen molar-refractivity contribution in [3.63, 3.8) is 0 Å². The monoisotopic (exact) mass is 405 g/mol. The third-order valence-corrected chi connectivity index (χ3v) is 4.13. The summed E-state index contributed by atoms with van der Waals surface area (Å²) in [5, 5.41) is 11.5. The molecular formula is C14H17Br2NO3. The van der Waals surface area contributed by atoms with Gasteiger partial charge in [-0.1, -0.05) is 22.9 Å². The smallest absolute Gasteiger partial charge is 0.303 e. The Morgan fingerprint density at radius 3 is 2.65 bits per heavy atom. The number of nitrogens with one attached hydrogen (secondary N) is 1. The molecule has 6 heteroatoms. The Hall–Kier alpha value is -0.880. The number of hydrogen-bond acceptors (Lipinski definition) is 2. The third kappa shape index (κ3) is 6.05. The summed E-state index contributed by atoms with van der Waals surface area (Å²) in [6.07, 6.45) is 1.57. The predicted octanol–water partition coefficient (Wildman–Crippen LogP) is 3.83. The number of benzene rings is 1. The third-order valence-electron chi connectivity index (χ3n) is 2.95. The second-order valence-electron chi connectivity index (χ2n) is 4.71. The number of carbonyl (C=O) groups excluding carboxylic acids is 1. The summed E-state index contributed by atoms with van der Waals surface area (Å²) in [5.74, 6) is -0.639. The van der Waals surface area contributed by atoms with E-state index in [0.29, 0.717) is 18.5 Å². The van der Waals surface area contributed by atoms with E-state index in [2.05, 4.69) is 37.2 Å². The second kappa shape index (κ2) is 8.42. The standard InChI is InChI=1S/C14H17Br2NO3/c1-9(2-5-13(18)19)6-7-17-14(20)11-8-10(15)3-4-12(11)16/h3-4,8-9H,2,5-7H2,1H3,(H,17,20)(H,18,19). The van der Waals surface area contributed by atoms with Gasteiger partial charge in [0.25, 0.3) is 5.91 Å². The number of carbonyl (C=O) groups is 2. The van der Waals surface area contributed by atoms with Gasteiger partial charge in [0.15, 0.2) is 0 Å². The Balaban J connectivity index is 2.40. The zero-order valence-electron chi connectivity index (χ0n) is 11.2. The summed E-state index contributed by atoms with van der Waals surface area (Å²) in [5.41, 5.74) is 0.581. The number of hydrogen-bond donors (Lipinski definition) is 2. The molecule has 1 amide bonds. The van der Waals surface area contributed by atoms with E-state index in [1.807, 2.05) is 19.1 Å². The van der Waals surface area contributed by atoms with Crippen LogP contribution in [0.5, 0.6) is 0 Å². The van der Waals surface area contributed by atoms with Crippen LogP contribution in [-0.2, 0) is 4.79 Å². The molecule has 0 fully saturated rings. The topological polar surface area (TPSA) is 66.4 Å². The molecule has 0 bridgehead atoms. The van der Waals surface area contributed by atoms with Gasteiger partial charge in [0, 0.05) is 21.9 Å². The van der Waals surface area contributed by atoms with Crippen LogP contribution >= 0.6 is 31.9 Å². The Bertz CT molecular complexity index is 491. The highest BCUT2D eigenvalue weighted by molar-refractivity contribution is 9.11. The Morgan fingerprint density at radius 2 is 2.00 bits per heavy atom. The van der Waals surface area contributed by atoms with E-state index in [4.69, 9.17) is 5.11 Å². The maximum atomic E-state index is 12.0. The molecule has 0 aliphatic carbocycles. The van der Waals surface area contributed by atoms with Crippen LogP contribution in [-0.4, -0.2) is 23.5 Å². The largest absolute Gasteiger partial charge is 0.481 e. The van der Waals surface area contributed by atoms with Gasteiger partial charge < -0.3 is 10.4 Å². The molecule has 1 unspecified atom stereocenters. The van der Waals surface area contributed by atoms with Crippen molar-refractivity contribution in [3.8, 4) is 0 Å². The predicted molar refractivity (Wildman–Crippen MR) is 84.8 cm³/mol. The normalized spacial score (nSPS) is 11.9. The molecule has 0 spiro atoms. The summed E-state index contributed by atoms with van der Waals surface area (Å²) < 4.78 is 1.60. The van der Waals surface area contributed by atoms with Gasteiger partial charge in [0.05, 0.1) is 5.56 Å². The van der Waals surface area contributed by atoms with E-state index < -0.39 is 5.97 Å². The highest BCUT2D eigenvalue weighted by atomic mass is 79.9. The van der Waals surface area contributed by atoms with Crippen LogP contribution < -0.4 is 5.32 Å². The Labute approximate surface area is 135 Å². The van der Waals surface area contributed by atoms with Crippen molar-refractivity contribution >= 4 is 43.7 Å². The molecule has 2 N–H and O–H groups in total. The molecule has 110 valence electrons. The van der Waals surface area contributed by atoms with Crippen LogP contribution in [0.3, 0.4) is 0 Å². The summed E-state index contributed by atoms with van der Waals surface area (Å²) >= 11 is 6.68. The minimum Gasteiger partial charge on any atom is -0.481 e. The van der Waals surface area contributed by atoms with Crippen molar-refractivity contribution < 1.29 is 14.7 Å². The first-order chi connectivity index (χ1) is 9.40. The van der Waals surface area contributed by atoms with E-state index in [0.717, 1.165) is 15.4 Å². The molecule has 0 heterocycles. The first-order valence-corrected chi connectivity index (χ1v) is 7.93. The summed E-state index contributed by atoms with van der Waals surface area (Å²) in [6, 6.07) is 5.43. The van der Waals surface area contributed by atoms with Crippen molar-refractivity contribution in [1.82, 2.24) is 5.32 Å². The summed E-state index contributed by atoms with van der Waals surface area (Å²) in [6.45, 7) is 2.53. The van der Waals surface area contributed by atoms with Gasteiger partial charge in [0.2, 0.25) is 0 Å². The lowest BCUT2D eigenvalue weighted by molar-refractivity contribution is -0.137. The van der Waals surface area contributed by atoms with Gasteiger partial charge in [0.1, 0.15) is 0 Å². The molecule has 0 saturated heterocycles. The van der Waals surface area contributed by atoms with Gasteiger partial charge in [-0.05, 0) is 52.9 Å². The SMILES string of the molecule is CC(CCNC(=O)c1cc(Br)ccc1Br)CCC(=O)O. The molecule has 1 rings (SSSR count). The van der Waals surface area contributed by atoms with Crippen molar-refractivity contribution in [3.05, 3.63) is 32.7 Å². The van der Waals surface area contributed by atoms with E-state index >= 15 is 0 Å². The lowest BCUT2D eigenvalue weighted by atomic mass is 10.0. The first-order valence-electron chi connectivity index (χ1n) is 6.35. The number of carboxylic acid groups (broad SMARTS) is 1. The lowest BCUT2D eigenvalue weighted by Crippen LogP contribution is -2.26. The van der Waals surface area contributed by atoms with Gasteiger partial charge >= 0.3 is 5.97 Å². The van der Waals surface area contributed by atoms with Crippen LogP contribution in [0.25, 0.3) is 0 Å². The zero-order valence-corrected chi connectivity index (χ0v) is 14.3. The molecular weight excluding hydrogens is 390 g/mol. The highest BCUT2D eigenvalue weighted by Gasteiger charge is 2.11. The number of rotatable bonds is 7. The minimum atomic E-state index is -0.779. The van der Waals surface area contributed by atoms with Crippen molar-refractivity contribution in [2.75, 3.05) is 6.54 Å². The fourth-order valence-electron chi connectivity index (χ4n) is 1.71. The van der Waals surface area contributed by atoms with E-state index in [1.165, 1.54) is 0 Å². The van der Waals surface area contributed by atoms with Crippen molar-refractivity contribution in [2.45, 2.75) is 26.2 Å². The Kier molecular flexibility index (Phi) is 7.23. The Morgan fingerprint density at radius 1 is 1.30 bits per heavy atom. The average Bonchev–Trinajstić information content (AvgIpc) is 2.39. The highest BCUT2D eigenvalue weighted by Crippen LogP contribution is 2.21. The zero-order chi connectivity index (χ0) is 15.1. The quantitative estimate of drug-likeness (QED) is 0.722. The average molecular weight is 407 g/mol. The molecule has 1 atom stereocenters. The van der Waals surface area contributed by atoms with Gasteiger partial charge in [-0.15, -0.1) is 0 Å². The van der Waals surface area contributed by atoms with Crippen molar-refractivity contribution in [1.29, 1.82) is 0 Å². The molecule has 0 aliphatic rings. The maximum Gasteiger partial charge on any atom is 0.303 e. The van der Waals surface area contributed by atoms with E-state index in [-0.39, 0.29) is 18.2 Å². The van der Waals surface area contributed by atoms with Crippen LogP contribution in [0.4, 0.5) is 0 Å². The molecule has 0 aliphatic heterocycles. The first kappa shape index (κ1) is 17.2. The van der Waals surface area contributed by atoms with Crippen LogP contribution in [0, 0.1) is 5.92 Å². The molecule has 4 nitrogen and oxygen atoms in total. The van der Waals surface area contributed by atoms with Gasteiger partial charge in [-0.25, -0.2) is 0 Å². The fourth-order valence-corrected chi connectivity index (χ4v) is 2.50. The number of aliphatic carboxylic acids is 1. The van der Waals surface area contributed by atoms with E-state index in [1.54, 1.807) is 6.07 Å². The van der Waals surface area contributed by atoms with Crippen LogP contribution in [0.1, 0.15) is 36.5 Å². The number of carboxylic acids is 1. The molecule has 1 aromatic carbocycles. The molecule has 0 saturated carbocycles. The number of amides is 1.